The fraction of sp³-hybridized carbons (Fsp3) is 1.00. The van der Waals surface area contributed by atoms with E-state index in [1.807, 2.05) is 6.92 Å². The molecule has 2 atom stereocenters. The van der Waals surface area contributed by atoms with Gasteiger partial charge in [-0.3, -0.25) is 0 Å². The van der Waals surface area contributed by atoms with Crippen molar-refractivity contribution in [1.29, 1.82) is 0 Å². The van der Waals surface area contributed by atoms with Gasteiger partial charge in [0, 0.05) is 11.8 Å². The van der Waals surface area contributed by atoms with Crippen molar-refractivity contribution in [2.24, 2.45) is 5.73 Å². The normalized spacial score (nSPS) is 37.5. The quantitative estimate of drug-likeness (QED) is 0.592. The van der Waals surface area contributed by atoms with Gasteiger partial charge < -0.3 is 10.8 Å². The Kier molecular flexibility index (Phi) is 2.61. The van der Waals surface area contributed by atoms with E-state index in [2.05, 4.69) is 0 Å². The molecular formula is C7H15NOS. The first kappa shape index (κ1) is 8.37. The van der Waals surface area contributed by atoms with E-state index in [1.165, 1.54) is 5.75 Å². The molecule has 0 aliphatic carbocycles. The lowest BCUT2D eigenvalue weighted by Crippen LogP contribution is -2.49. The van der Waals surface area contributed by atoms with Crippen LogP contribution in [0.5, 0.6) is 0 Å². The van der Waals surface area contributed by atoms with Crippen molar-refractivity contribution in [3.05, 3.63) is 0 Å². The number of rotatable bonds is 1. The molecule has 0 bridgehead atoms. The minimum absolute atomic E-state index is 0.0831. The molecule has 1 fully saturated rings. The highest BCUT2D eigenvalue weighted by Gasteiger charge is 2.33. The largest absolute Gasteiger partial charge is 0.387 e. The molecule has 1 aliphatic heterocycles. The standard InChI is InChI=1S/C7H15NOS/c1-6(8)7(9)3-2-4-10-5-7/h6,9H,2-5,8H2,1H3. The van der Waals surface area contributed by atoms with Crippen molar-refractivity contribution < 1.29 is 5.11 Å². The summed E-state index contributed by atoms with van der Waals surface area (Å²) in [6, 6.07) is -0.0831. The van der Waals surface area contributed by atoms with Gasteiger partial charge in [0.2, 0.25) is 0 Å². The Balaban J connectivity index is 2.48. The minimum Gasteiger partial charge on any atom is -0.387 e. The van der Waals surface area contributed by atoms with Gasteiger partial charge in [-0.25, -0.2) is 0 Å². The molecule has 2 nitrogen and oxygen atoms in total. The van der Waals surface area contributed by atoms with Gasteiger partial charge in [0.15, 0.2) is 0 Å². The molecular weight excluding hydrogens is 146 g/mol. The molecule has 1 rings (SSSR count). The van der Waals surface area contributed by atoms with Crippen LogP contribution in [0.2, 0.25) is 0 Å². The third-order valence-electron chi connectivity index (χ3n) is 2.10. The summed E-state index contributed by atoms with van der Waals surface area (Å²) in [5.74, 6) is 1.99. The number of nitrogens with two attached hydrogens (primary N) is 1. The van der Waals surface area contributed by atoms with Crippen LogP contribution in [0.1, 0.15) is 19.8 Å². The highest BCUT2D eigenvalue weighted by molar-refractivity contribution is 7.99. The van der Waals surface area contributed by atoms with Crippen LogP contribution in [0.25, 0.3) is 0 Å². The van der Waals surface area contributed by atoms with E-state index in [9.17, 15) is 5.11 Å². The Labute approximate surface area is 66.2 Å². The molecule has 0 saturated carbocycles. The molecule has 1 aliphatic rings. The molecule has 0 spiro atoms. The number of hydrogen-bond donors (Lipinski definition) is 2. The molecule has 0 aromatic carbocycles. The topological polar surface area (TPSA) is 46.2 Å². The van der Waals surface area contributed by atoms with E-state index < -0.39 is 5.60 Å². The second-order valence-electron chi connectivity index (χ2n) is 3.05. The first-order chi connectivity index (χ1) is 4.65. The second-order valence-corrected chi connectivity index (χ2v) is 4.15. The first-order valence-electron chi connectivity index (χ1n) is 3.71. The van der Waals surface area contributed by atoms with E-state index in [0.717, 1.165) is 18.6 Å². The molecule has 1 saturated heterocycles. The molecule has 0 aromatic rings. The fourth-order valence-corrected chi connectivity index (χ4v) is 2.41. The van der Waals surface area contributed by atoms with Gasteiger partial charge in [-0.05, 0) is 25.5 Å². The number of hydrogen-bond acceptors (Lipinski definition) is 3. The van der Waals surface area contributed by atoms with Crippen LogP contribution in [0.3, 0.4) is 0 Å². The summed E-state index contributed by atoms with van der Waals surface area (Å²) < 4.78 is 0. The lowest BCUT2D eigenvalue weighted by molar-refractivity contribution is 0.0317. The molecule has 0 radical (unpaired) electrons. The zero-order valence-corrected chi connectivity index (χ0v) is 7.16. The summed E-state index contributed by atoms with van der Waals surface area (Å²) in [5.41, 5.74) is 5.06. The van der Waals surface area contributed by atoms with Crippen LogP contribution >= 0.6 is 11.8 Å². The summed E-state index contributed by atoms with van der Waals surface area (Å²) in [6.45, 7) is 1.88. The Morgan fingerprint density at radius 1 is 1.70 bits per heavy atom. The predicted molar refractivity (Wildman–Crippen MR) is 45.2 cm³/mol. The lowest BCUT2D eigenvalue weighted by atomic mass is 9.93. The average molecular weight is 161 g/mol. The molecule has 0 aromatic heterocycles. The second kappa shape index (κ2) is 3.11. The van der Waals surface area contributed by atoms with Crippen LogP contribution in [0.15, 0.2) is 0 Å². The van der Waals surface area contributed by atoms with Gasteiger partial charge in [-0.15, -0.1) is 0 Å². The summed E-state index contributed by atoms with van der Waals surface area (Å²) in [7, 11) is 0. The predicted octanol–water partition coefficient (Wildman–Crippen LogP) is 0.592. The Hall–Kier alpha value is 0.270. The minimum atomic E-state index is -0.580. The fourth-order valence-electron chi connectivity index (χ4n) is 1.16. The maximum Gasteiger partial charge on any atom is 0.0885 e. The first-order valence-corrected chi connectivity index (χ1v) is 4.86. The van der Waals surface area contributed by atoms with Crippen molar-refractivity contribution in [1.82, 2.24) is 0 Å². The Bertz CT molecular complexity index is 110. The summed E-state index contributed by atoms with van der Waals surface area (Å²) in [5, 5.41) is 9.80. The molecule has 10 heavy (non-hydrogen) atoms. The van der Waals surface area contributed by atoms with E-state index in [4.69, 9.17) is 5.73 Å². The van der Waals surface area contributed by atoms with Gasteiger partial charge in [0.1, 0.15) is 0 Å². The van der Waals surface area contributed by atoms with Gasteiger partial charge in [0.25, 0.3) is 0 Å². The van der Waals surface area contributed by atoms with Crippen LogP contribution in [0.4, 0.5) is 0 Å². The summed E-state index contributed by atoms with van der Waals surface area (Å²) >= 11 is 1.80. The molecule has 0 amide bonds. The van der Waals surface area contributed by atoms with Crippen molar-refractivity contribution >= 4 is 11.8 Å². The highest BCUT2D eigenvalue weighted by atomic mass is 32.2. The third kappa shape index (κ3) is 1.65. The zero-order chi connectivity index (χ0) is 7.61. The van der Waals surface area contributed by atoms with Gasteiger partial charge >= 0.3 is 0 Å². The van der Waals surface area contributed by atoms with Crippen molar-refractivity contribution in [3.63, 3.8) is 0 Å². The van der Waals surface area contributed by atoms with Crippen molar-refractivity contribution in [3.8, 4) is 0 Å². The van der Waals surface area contributed by atoms with E-state index in [-0.39, 0.29) is 6.04 Å². The van der Waals surface area contributed by atoms with E-state index >= 15 is 0 Å². The molecule has 2 unspecified atom stereocenters. The molecule has 3 heteroatoms. The number of aliphatic hydroxyl groups is 1. The van der Waals surface area contributed by atoms with Gasteiger partial charge in [-0.2, -0.15) is 11.8 Å². The molecule has 3 N–H and O–H groups in total. The van der Waals surface area contributed by atoms with Crippen LogP contribution < -0.4 is 5.73 Å². The zero-order valence-electron chi connectivity index (χ0n) is 6.34. The maximum atomic E-state index is 9.80. The van der Waals surface area contributed by atoms with E-state index in [1.54, 1.807) is 11.8 Å². The van der Waals surface area contributed by atoms with Gasteiger partial charge in [-0.1, -0.05) is 0 Å². The van der Waals surface area contributed by atoms with E-state index in [0.29, 0.717) is 0 Å². The monoisotopic (exact) mass is 161 g/mol. The summed E-state index contributed by atoms with van der Waals surface area (Å²) in [6.07, 6.45) is 1.97. The van der Waals surface area contributed by atoms with Crippen LogP contribution in [0, 0.1) is 0 Å². The number of thioether (sulfide) groups is 1. The smallest absolute Gasteiger partial charge is 0.0885 e. The maximum absolute atomic E-state index is 9.80. The van der Waals surface area contributed by atoms with Crippen molar-refractivity contribution in [2.45, 2.75) is 31.4 Å². The van der Waals surface area contributed by atoms with Crippen molar-refractivity contribution in [2.75, 3.05) is 11.5 Å². The Morgan fingerprint density at radius 3 is 2.70 bits per heavy atom. The lowest BCUT2D eigenvalue weighted by Gasteiger charge is -2.34. The average Bonchev–Trinajstić information content (AvgIpc) is 1.89. The SMILES string of the molecule is CC(N)C1(O)CCCSC1. The molecule has 60 valence electrons. The van der Waals surface area contributed by atoms with Gasteiger partial charge in [0.05, 0.1) is 5.60 Å². The third-order valence-corrected chi connectivity index (χ3v) is 3.38. The molecule has 1 heterocycles. The highest BCUT2D eigenvalue weighted by Crippen LogP contribution is 2.28. The van der Waals surface area contributed by atoms with Crippen LogP contribution in [-0.4, -0.2) is 28.3 Å². The summed E-state index contributed by atoms with van der Waals surface area (Å²) in [4.78, 5) is 0. The van der Waals surface area contributed by atoms with Crippen LogP contribution in [-0.2, 0) is 0 Å². The Morgan fingerprint density at radius 2 is 2.40 bits per heavy atom.